The number of esters is 1. The number of furan rings is 1. The van der Waals surface area contributed by atoms with Gasteiger partial charge in [0.15, 0.2) is 0 Å². The monoisotopic (exact) mass is 438 g/mol. The minimum Gasteiger partial charge on any atom is -0.463 e. The Morgan fingerprint density at radius 3 is 2.60 bits per heavy atom. The Morgan fingerprint density at radius 2 is 1.90 bits per heavy atom. The lowest BCUT2D eigenvalue weighted by Crippen LogP contribution is -1.98. The molecular formula is C23H22N2O3S2. The molecule has 30 heavy (non-hydrogen) atoms. The molecule has 4 aromatic rings. The zero-order valence-electron chi connectivity index (χ0n) is 17.1. The van der Waals surface area contributed by atoms with E-state index in [-0.39, 0.29) is 5.76 Å². The van der Waals surface area contributed by atoms with E-state index < -0.39 is 5.97 Å². The molecule has 0 unspecified atom stereocenters. The standard InChI is InChI=1S/C23H22N2O3S2/c1-4-14-6-8-15(9-7-14)19-18(5-2)30-22-20(19)21(24-13-25-22)29-12-16-10-11-17(28-16)23(26)27-3/h6-11,13H,4-5,12H2,1-3H3. The van der Waals surface area contributed by atoms with Gasteiger partial charge >= 0.3 is 5.97 Å². The van der Waals surface area contributed by atoms with Crippen molar-refractivity contribution in [2.75, 3.05) is 7.11 Å². The van der Waals surface area contributed by atoms with Gasteiger partial charge in [-0.05, 0) is 36.1 Å². The van der Waals surface area contributed by atoms with Crippen LogP contribution in [0.4, 0.5) is 0 Å². The Labute approximate surface area is 183 Å². The van der Waals surface area contributed by atoms with Crippen molar-refractivity contribution in [3.63, 3.8) is 0 Å². The van der Waals surface area contributed by atoms with Crippen molar-refractivity contribution in [2.24, 2.45) is 0 Å². The summed E-state index contributed by atoms with van der Waals surface area (Å²) < 4.78 is 10.3. The second kappa shape index (κ2) is 9.02. The molecule has 0 bridgehead atoms. The van der Waals surface area contributed by atoms with Gasteiger partial charge in [0.2, 0.25) is 5.76 Å². The average Bonchev–Trinajstić information content (AvgIpc) is 3.42. The number of thiophene rings is 1. The van der Waals surface area contributed by atoms with Gasteiger partial charge in [-0.3, -0.25) is 0 Å². The van der Waals surface area contributed by atoms with Crippen LogP contribution in [0.2, 0.25) is 0 Å². The van der Waals surface area contributed by atoms with Gasteiger partial charge in [0.1, 0.15) is 21.9 Å². The maximum atomic E-state index is 11.6. The van der Waals surface area contributed by atoms with Crippen LogP contribution in [-0.2, 0) is 23.3 Å². The highest BCUT2D eigenvalue weighted by Gasteiger charge is 2.19. The van der Waals surface area contributed by atoms with Crippen molar-refractivity contribution in [3.05, 3.63) is 64.7 Å². The predicted molar refractivity (Wildman–Crippen MR) is 121 cm³/mol. The quantitative estimate of drug-likeness (QED) is 0.196. The van der Waals surface area contributed by atoms with E-state index in [2.05, 4.69) is 48.1 Å². The first-order chi connectivity index (χ1) is 14.6. The number of rotatable bonds is 7. The highest BCUT2D eigenvalue weighted by Crippen LogP contribution is 2.42. The molecule has 0 N–H and O–H groups in total. The van der Waals surface area contributed by atoms with E-state index in [0.29, 0.717) is 11.5 Å². The zero-order chi connectivity index (χ0) is 21.1. The number of benzene rings is 1. The Balaban J connectivity index is 1.70. The van der Waals surface area contributed by atoms with E-state index in [0.717, 1.165) is 28.1 Å². The molecule has 0 amide bonds. The summed E-state index contributed by atoms with van der Waals surface area (Å²) in [5, 5.41) is 2.01. The first kappa shape index (κ1) is 20.6. The number of aryl methyl sites for hydroxylation is 2. The molecule has 0 aliphatic carbocycles. The number of hydrogen-bond donors (Lipinski definition) is 0. The maximum Gasteiger partial charge on any atom is 0.373 e. The van der Waals surface area contributed by atoms with Gasteiger partial charge in [0, 0.05) is 10.4 Å². The lowest BCUT2D eigenvalue weighted by Gasteiger charge is -2.07. The number of aromatic nitrogens is 2. The van der Waals surface area contributed by atoms with Crippen LogP contribution in [0.15, 0.2) is 52.2 Å². The van der Waals surface area contributed by atoms with E-state index in [1.54, 1.807) is 41.6 Å². The molecule has 3 aromatic heterocycles. The minimum atomic E-state index is -0.473. The van der Waals surface area contributed by atoms with Gasteiger partial charge in [-0.1, -0.05) is 49.9 Å². The van der Waals surface area contributed by atoms with E-state index in [9.17, 15) is 4.79 Å². The Morgan fingerprint density at radius 1 is 1.10 bits per heavy atom. The third kappa shape index (κ3) is 4.00. The van der Waals surface area contributed by atoms with Crippen molar-refractivity contribution in [1.82, 2.24) is 9.97 Å². The number of thioether (sulfide) groups is 1. The summed E-state index contributed by atoms with van der Waals surface area (Å²) >= 11 is 3.31. The molecule has 3 heterocycles. The third-order valence-electron chi connectivity index (χ3n) is 4.90. The topological polar surface area (TPSA) is 65.2 Å². The molecule has 154 valence electrons. The van der Waals surface area contributed by atoms with Crippen LogP contribution in [0.5, 0.6) is 0 Å². The summed E-state index contributed by atoms with van der Waals surface area (Å²) in [4.78, 5) is 23.0. The summed E-state index contributed by atoms with van der Waals surface area (Å²) in [6.07, 6.45) is 3.58. The largest absolute Gasteiger partial charge is 0.463 e. The van der Waals surface area contributed by atoms with Crippen LogP contribution in [0, 0.1) is 0 Å². The van der Waals surface area contributed by atoms with Crippen molar-refractivity contribution in [1.29, 1.82) is 0 Å². The van der Waals surface area contributed by atoms with Gasteiger partial charge < -0.3 is 9.15 Å². The fourth-order valence-electron chi connectivity index (χ4n) is 3.33. The first-order valence-corrected chi connectivity index (χ1v) is 11.6. The van der Waals surface area contributed by atoms with Crippen LogP contribution >= 0.6 is 23.1 Å². The molecule has 0 saturated heterocycles. The molecule has 5 nitrogen and oxygen atoms in total. The molecule has 0 radical (unpaired) electrons. The number of fused-ring (bicyclic) bond motifs is 1. The second-order valence-electron chi connectivity index (χ2n) is 6.71. The molecule has 0 fully saturated rings. The molecule has 7 heteroatoms. The highest BCUT2D eigenvalue weighted by molar-refractivity contribution is 7.98. The fraction of sp³-hybridized carbons (Fsp3) is 0.261. The van der Waals surface area contributed by atoms with Gasteiger partial charge in [-0.15, -0.1) is 11.3 Å². The van der Waals surface area contributed by atoms with Gasteiger partial charge in [0.25, 0.3) is 0 Å². The van der Waals surface area contributed by atoms with E-state index in [1.807, 2.05) is 0 Å². The van der Waals surface area contributed by atoms with E-state index in [4.69, 9.17) is 9.15 Å². The van der Waals surface area contributed by atoms with Gasteiger partial charge in [-0.25, -0.2) is 14.8 Å². The Hall–Kier alpha value is -2.64. The Kier molecular flexibility index (Phi) is 6.20. The normalized spacial score (nSPS) is 11.2. The van der Waals surface area contributed by atoms with Crippen LogP contribution in [0.3, 0.4) is 0 Å². The molecule has 0 aliphatic heterocycles. The average molecular weight is 439 g/mol. The number of ether oxygens (including phenoxy) is 1. The summed E-state index contributed by atoms with van der Waals surface area (Å²) in [6.45, 7) is 4.33. The smallest absolute Gasteiger partial charge is 0.373 e. The minimum absolute atomic E-state index is 0.210. The predicted octanol–water partition coefficient (Wildman–Crippen LogP) is 6.16. The summed E-state index contributed by atoms with van der Waals surface area (Å²) in [6, 6.07) is 12.2. The lowest BCUT2D eigenvalue weighted by atomic mass is 10.0. The number of nitrogens with zero attached hydrogens (tertiary/aromatic N) is 2. The molecule has 0 spiro atoms. The van der Waals surface area contributed by atoms with Crippen molar-refractivity contribution >= 4 is 39.3 Å². The Bertz CT molecular complexity index is 1180. The van der Waals surface area contributed by atoms with Gasteiger partial charge in [-0.2, -0.15) is 0 Å². The number of carbonyl (C=O) groups excluding carboxylic acids is 1. The lowest BCUT2D eigenvalue weighted by molar-refractivity contribution is 0.0563. The second-order valence-corrected chi connectivity index (χ2v) is 8.76. The zero-order valence-corrected chi connectivity index (χ0v) is 18.7. The summed E-state index contributed by atoms with van der Waals surface area (Å²) in [7, 11) is 1.34. The third-order valence-corrected chi connectivity index (χ3v) is 7.15. The van der Waals surface area contributed by atoms with Crippen LogP contribution in [0.1, 0.15) is 40.6 Å². The van der Waals surface area contributed by atoms with Gasteiger partial charge in [0.05, 0.1) is 18.2 Å². The maximum absolute atomic E-state index is 11.6. The van der Waals surface area contributed by atoms with E-state index in [1.165, 1.54) is 28.7 Å². The van der Waals surface area contributed by atoms with Crippen LogP contribution in [-0.4, -0.2) is 23.0 Å². The van der Waals surface area contributed by atoms with Crippen LogP contribution < -0.4 is 0 Å². The number of carbonyl (C=O) groups is 1. The van der Waals surface area contributed by atoms with Crippen molar-refractivity contribution < 1.29 is 13.9 Å². The molecule has 4 rings (SSSR count). The van der Waals surface area contributed by atoms with Crippen molar-refractivity contribution in [2.45, 2.75) is 37.5 Å². The molecule has 0 saturated carbocycles. The summed E-state index contributed by atoms with van der Waals surface area (Å²) in [5.41, 5.74) is 3.73. The molecule has 0 atom stereocenters. The highest BCUT2D eigenvalue weighted by atomic mass is 32.2. The number of methoxy groups -OCH3 is 1. The number of hydrogen-bond acceptors (Lipinski definition) is 7. The van der Waals surface area contributed by atoms with E-state index >= 15 is 0 Å². The van der Waals surface area contributed by atoms with Crippen molar-refractivity contribution in [3.8, 4) is 11.1 Å². The van der Waals surface area contributed by atoms with Crippen LogP contribution in [0.25, 0.3) is 21.3 Å². The molecular weight excluding hydrogens is 416 g/mol. The first-order valence-electron chi connectivity index (χ1n) is 9.80. The molecule has 0 aliphatic rings. The molecule has 1 aromatic carbocycles. The summed E-state index contributed by atoms with van der Waals surface area (Å²) in [5.74, 6) is 1.00. The SMILES string of the molecule is CCc1ccc(-c2c(CC)sc3ncnc(SCc4ccc(C(=O)OC)o4)c23)cc1. The fourth-order valence-corrected chi connectivity index (χ4v) is 5.39.